The number of piperazine rings is 1. The Labute approximate surface area is 104 Å². The van der Waals surface area contributed by atoms with E-state index in [-0.39, 0.29) is 24.5 Å². The summed E-state index contributed by atoms with van der Waals surface area (Å²) in [6.07, 6.45) is 0.928. The summed E-state index contributed by atoms with van der Waals surface area (Å²) >= 11 is 0. The van der Waals surface area contributed by atoms with Crippen LogP contribution >= 0.6 is 0 Å². The van der Waals surface area contributed by atoms with Gasteiger partial charge in [0.15, 0.2) is 0 Å². The molecule has 100 valence electrons. The largest absolute Gasteiger partial charge is 0.395 e. The third kappa shape index (κ3) is 3.94. The average Bonchev–Trinajstić information content (AvgIpc) is 2.37. The summed E-state index contributed by atoms with van der Waals surface area (Å²) < 4.78 is 0. The highest BCUT2D eigenvalue weighted by Crippen LogP contribution is 2.10. The standard InChI is InChI=1S/C12H25N3O2/c1-3-10(2)11(13)12(17)15-6-4-14(5-7-15)8-9-16/h10-11,16H,3-9,13H2,1-2H3/t10?,11-/m0/s1. The van der Waals surface area contributed by atoms with Gasteiger partial charge in [0.05, 0.1) is 12.6 Å². The van der Waals surface area contributed by atoms with E-state index in [4.69, 9.17) is 10.8 Å². The molecule has 1 aliphatic rings. The van der Waals surface area contributed by atoms with E-state index in [0.717, 1.165) is 32.6 Å². The number of carbonyl (C=O) groups excluding carboxylic acids is 1. The molecule has 0 aromatic heterocycles. The molecule has 17 heavy (non-hydrogen) atoms. The molecule has 1 heterocycles. The van der Waals surface area contributed by atoms with Crippen LogP contribution in [0.1, 0.15) is 20.3 Å². The van der Waals surface area contributed by atoms with Crippen molar-refractivity contribution in [3.8, 4) is 0 Å². The summed E-state index contributed by atoms with van der Waals surface area (Å²) in [4.78, 5) is 16.1. The van der Waals surface area contributed by atoms with Crippen molar-refractivity contribution in [2.75, 3.05) is 39.3 Å². The molecule has 0 aromatic carbocycles. The van der Waals surface area contributed by atoms with Crippen LogP contribution in [0.5, 0.6) is 0 Å². The van der Waals surface area contributed by atoms with Crippen LogP contribution in [-0.2, 0) is 4.79 Å². The van der Waals surface area contributed by atoms with Crippen molar-refractivity contribution < 1.29 is 9.90 Å². The van der Waals surface area contributed by atoms with Gasteiger partial charge in [-0.25, -0.2) is 0 Å². The van der Waals surface area contributed by atoms with Gasteiger partial charge in [0, 0.05) is 32.7 Å². The van der Waals surface area contributed by atoms with Crippen LogP contribution in [0.2, 0.25) is 0 Å². The summed E-state index contributed by atoms with van der Waals surface area (Å²) in [5, 5.41) is 8.84. The topological polar surface area (TPSA) is 69.8 Å². The highest BCUT2D eigenvalue weighted by atomic mass is 16.3. The predicted octanol–water partition coefficient (Wildman–Crippen LogP) is -0.504. The van der Waals surface area contributed by atoms with Crippen molar-refractivity contribution >= 4 is 5.91 Å². The number of nitrogens with zero attached hydrogens (tertiary/aromatic N) is 2. The minimum Gasteiger partial charge on any atom is -0.395 e. The molecule has 0 radical (unpaired) electrons. The van der Waals surface area contributed by atoms with Crippen LogP contribution in [0, 0.1) is 5.92 Å². The summed E-state index contributed by atoms with van der Waals surface area (Å²) in [5.74, 6) is 0.306. The van der Waals surface area contributed by atoms with Crippen LogP contribution < -0.4 is 5.73 Å². The Morgan fingerprint density at radius 2 is 1.94 bits per heavy atom. The summed E-state index contributed by atoms with van der Waals surface area (Å²) in [5.41, 5.74) is 5.95. The van der Waals surface area contributed by atoms with Crippen molar-refractivity contribution in [1.82, 2.24) is 9.80 Å². The van der Waals surface area contributed by atoms with Gasteiger partial charge in [0.2, 0.25) is 5.91 Å². The van der Waals surface area contributed by atoms with E-state index in [0.29, 0.717) is 6.54 Å². The highest BCUT2D eigenvalue weighted by Gasteiger charge is 2.27. The molecule has 5 nitrogen and oxygen atoms in total. The van der Waals surface area contributed by atoms with Gasteiger partial charge in [-0.2, -0.15) is 0 Å². The molecule has 0 saturated carbocycles. The van der Waals surface area contributed by atoms with Gasteiger partial charge in [0.25, 0.3) is 0 Å². The fraction of sp³-hybridized carbons (Fsp3) is 0.917. The minimum atomic E-state index is -0.371. The Morgan fingerprint density at radius 3 is 2.41 bits per heavy atom. The molecule has 1 aliphatic heterocycles. The number of hydrogen-bond donors (Lipinski definition) is 2. The first-order valence-corrected chi connectivity index (χ1v) is 6.47. The summed E-state index contributed by atoms with van der Waals surface area (Å²) in [7, 11) is 0. The second kappa shape index (κ2) is 6.93. The molecule has 1 saturated heterocycles. The third-order valence-electron chi connectivity index (χ3n) is 3.64. The third-order valence-corrected chi connectivity index (χ3v) is 3.64. The van der Waals surface area contributed by atoms with E-state index in [9.17, 15) is 4.79 Å². The number of carbonyl (C=O) groups is 1. The Hall–Kier alpha value is -0.650. The molecule has 1 fully saturated rings. The molecule has 0 aliphatic carbocycles. The fourth-order valence-electron chi connectivity index (χ4n) is 2.04. The maximum Gasteiger partial charge on any atom is 0.239 e. The molecule has 1 unspecified atom stereocenters. The van der Waals surface area contributed by atoms with Crippen LogP contribution in [0.4, 0.5) is 0 Å². The van der Waals surface area contributed by atoms with Gasteiger partial charge in [0.1, 0.15) is 0 Å². The Morgan fingerprint density at radius 1 is 1.35 bits per heavy atom. The molecular formula is C12H25N3O2. The van der Waals surface area contributed by atoms with Crippen molar-refractivity contribution in [1.29, 1.82) is 0 Å². The number of β-amino-alcohol motifs (C(OH)–C–C–N with tert-alkyl or cyclic N) is 1. The number of aliphatic hydroxyl groups excluding tert-OH is 1. The monoisotopic (exact) mass is 243 g/mol. The van der Waals surface area contributed by atoms with Crippen molar-refractivity contribution in [2.24, 2.45) is 11.7 Å². The maximum absolute atomic E-state index is 12.1. The van der Waals surface area contributed by atoms with Crippen molar-refractivity contribution in [2.45, 2.75) is 26.3 Å². The maximum atomic E-state index is 12.1. The molecule has 1 rings (SSSR count). The highest BCUT2D eigenvalue weighted by molar-refractivity contribution is 5.82. The van der Waals surface area contributed by atoms with E-state index in [1.165, 1.54) is 0 Å². The van der Waals surface area contributed by atoms with Gasteiger partial charge in [-0.1, -0.05) is 20.3 Å². The first-order valence-electron chi connectivity index (χ1n) is 6.47. The molecule has 0 spiro atoms. The SMILES string of the molecule is CCC(C)[C@H](N)C(=O)N1CCN(CCO)CC1. The number of amides is 1. The van der Waals surface area contributed by atoms with E-state index >= 15 is 0 Å². The molecule has 3 N–H and O–H groups in total. The van der Waals surface area contributed by atoms with E-state index in [1.54, 1.807) is 0 Å². The Balaban J connectivity index is 2.40. The normalized spacial score (nSPS) is 21.3. The van der Waals surface area contributed by atoms with E-state index < -0.39 is 0 Å². The zero-order valence-electron chi connectivity index (χ0n) is 10.9. The van der Waals surface area contributed by atoms with Gasteiger partial charge in [-0.3, -0.25) is 9.69 Å². The molecule has 2 atom stereocenters. The lowest BCUT2D eigenvalue weighted by atomic mass is 9.98. The zero-order chi connectivity index (χ0) is 12.8. The first-order chi connectivity index (χ1) is 8.10. The fourth-order valence-corrected chi connectivity index (χ4v) is 2.04. The lowest BCUT2D eigenvalue weighted by molar-refractivity contribution is -0.135. The zero-order valence-corrected chi connectivity index (χ0v) is 10.9. The molecule has 5 heteroatoms. The lowest BCUT2D eigenvalue weighted by Crippen LogP contribution is -2.54. The van der Waals surface area contributed by atoms with Gasteiger partial charge in [-0.15, -0.1) is 0 Å². The van der Waals surface area contributed by atoms with Crippen LogP contribution in [0.3, 0.4) is 0 Å². The molecule has 0 bridgehead atoms. The van der Waals surface area contributed by atoms with Gasteiger partial charge < -0.3 is 15.7 Å². The summed E-state index contributed by atoms with van der Waals surface area (Å²) in [6, 6.07) is -0.371. The average molecular weight is 243 g/mol. The van der Waals surface area contributed by atoms with Crippen LogP contribution in [0.25, 0.3) is 0 Å². The van der Waals surface area contributed by atoms with Gasteiger partial charge >= 0.3 is 0 Å². The number of hydrogen-bond acceptors (Lipinski definition) is 4. The quantitative estimate of drug-likeness (QED) is 0.683. The predicted molar refractivity (Wildman–Crippen MR) is 67.5 cm³/mol. The molecule has 0 aromatic rings. The second-order valence-corrected chi connectivity index (χ2v) is 4.80. The Bertz CT molecular complexity index is 240. The summed E-state index contributed by atoms with van der Waals surface area (Å²) in [6.45, 7) is 8.06. The van der Waals surface area contributed by atoms with E-state index in [1.807, 2.05) is 11.8 Å². The molecule has 1 amide bonds. The Kier molecular flexibility index (Phi) is 5.88. The second-order valence-electron chi connectivity index (χ2n) is 4.80. The van der Waals surface area contributed by atoms with Crippen LogP contribution in [0.15, 0.2) is 0 Å². The first kappa shape index (κ1) is 14.4. The van der Waals surface area contributed by atoms with Gasteiger partial charge in [-0.05, 0) is 5.92 Å². The number of rotatable bonds is 5. The lowest BCUT2D eigenvalue weighted by Gasteiger charge is -2.36. The molecular weight excluding hydrogens is 218 g/mol. The number of aliphatic hydroxyl groups is 1. The minimum absolute atomic E-state index is 0.0722. The van der Waals surface area contributed by atoms with Crippen molar-refractivity contribution in [3.63, 3.8) is 0 Å². The smallest absolute Gasteiger partial charge is 0.239 e. The van der Waals surface area contributed by atoms with E-state index in [2.05, 4.69) is 11.8 Å². The number of nitrogens with two attached hydrogens (primary N) is 1. The van der Waals surface area contributed by atoms with Crippen molar-refractivity contribution in [3.05, 3.63) is 0 Å². The van der Waals surface area contributed by atoms with Crippen LogP contribution in [-0.4, -0.2) is 66.2 Å².